The van der Waals surface area contributed by atoms with Gasteiger partial charge in [0.05, 0.1) is 17.1 Å². The van der Waals surface area contributed by atoms with Gasteiger partial charge in [-0.15, -0.1) is 0 Å². The lowest BCUT2D eigenvalue weighted by Gasteiger charge is -2.11. The summed E-state index contributed by atoms with van der Waals surface area (Å²) < 4.78 is 9.70. The van der Waals surface area contributed by atoms with E-state index in [1.54, 1.807) is 0 Å². The van der Waals surface area contributed by atoms with Crippen LogP contribution in [0, 0.1) is 10.1 Å². The van der Waals surface area contributed by atoms with Crippen molar-refractivity contribution in [3.8, 4) is 0 Å². The fourth-order valence-corrected chi connectivity index (χ4v) is 1.54. The molecule has 2 N–H and O–H groups in total. The Kier molecular flexibility index (Phi) is 6.77. The number of nitro groups is 1. The number of nitro benzene ring substituents is 1. The number of carbonyl (C=O) groups is 2. The molecule has 0 atom stereocenters. The van der Waals surface area contributed by atoms with E-state index in [1.807, 2.05) is 0 Å². The van der Waals surface area contributed by atoms with Gasteiger partial charge < -0.3 is 20.1 Å². The van der Waals surface area contributed by atoms with Crippen molar-refractivity contribution >= 4 is 23.3 Å². The first-order valence-corrected chi connectivity index (χ1v) is 6.38. The second-order valence-corrected chi connectivity index (χ2v) is 4.16. The molecule has 9 heteroatoms. The van der Waals surface area contributed by atoms with Crippen molar-refractivity contribution in [3.05, 3.63) is 33.9 Å². The van der Waals surface area contributed by atoms with E-state index in [0.29, 0.717) is 18.8 Å². The highest BCUT2D eigenvalue weighted by molar-refractivity contribution is 5.97. The van der Waals surface area contributed by atoms with Crippen LogP contribution < -0.4 is 10.6 Å². The maximum atomic E-state index is 12.0. The van der Waals surface area contributed by atoms with Gasteiger partial charge in [0.15, 0.2) is 6.61 Å². The minimum atomic E-state index is -0.827. The lowest BCUT2D eigenvalue weighted by atomic mass is 10.1. The maximum absolute atomic E-state index is 12.0. The van der Waals surface area contributed by atoms with Crippen LogP contribution in [-0.4, -0.2) is 50.7 Å². The molecule has 1 aromatic rings. The molecule has 0 heterocycles. The monoisotopic (exact) mass is 311 g/mol. The Morgan fingerprint density at radius 2 is 2.09 bits per heavy atom. The van der Waals surface area contributed by atoms with E-state index in [2.05, 4.69) is 10.6 Å². The van der Waals surface area contributed by atoms with Crippen LogP contribution in [0.3, 0.4) is 0 Å². The molecule has 22 heavy (non-hydrogen) atoms. The molecule has 0 aliphatic carbocycles. The van der Waals surface area contributed by atoms with Crippen molar-refractivity contribution in [2.24, 2.45) is 0 Å². The van der Waals surface area contributed by atoms with Crippen LogP contribution in [0.15, 0.2) is 18.2 Å². The third-order valence-electron chi connectivity index (χ3n) is 2.67. The normalized spacial score (nSPS) is 9.91. The average Bonchev–Trinajstić information content (AvgIpc) is 2.52. The van der Waals surface area contributed by atoms with Gasteiger partial charge in [0.25, 0.3) is 11.6 Å². The van der Waals surface area contributed by atoms with Gasteiger partial charge in [0.1, 0.15) is 0 Å². The van der Waals surface area contributed by atoms with E-state index in [0.717, 1.165) is 6.07 Å². The zero-order valence-electron chi connectivity index (χ0n) is 12.3. The van der Waals surface area contributed by atoms with Gasteiger partial charge in [0.2, 0.25) is 0 Å². The van der Waals surface area contributed by atoms with Crippen LogP contribution in [0.25, 0.3) is 0 Å². The Morgan fingerprint density at radius 1 is 1.36 bits per heavy atom. The van der Waals surface area contributed by atoms with Crippen molar-refractivity contribution in [1.29, 1.82) is 0 Å². The molecular weight excluding hydrogens is 294 g/mol. The van der Waals surface area contributed by atoms with Crippen LogP contribution in [0.2, 0.25) is 0 Å². The zero-order valence-corrected chi connectivity index (χ0v) is 12.3. The molecule has 9 nitrogen and oxygen atoms in total. The first kappa shape index (κ1) is 17.4. The number of hydrogen-bond donors (Lipinski definition) is 2. The van der Waals surface area contributed by atoms with E-state index in [-0.39, 0.29) is 11.3 Å². The molecule has 1 rings (SSSR count). The lowest BCUT2D eigenvalue weighted by molar-refractivity contribution is -0.384. The number of rotatable bonds is 8. The fraction of sp³-hybridized carbons (Fsp3) is 0.385. The highest BCUT2D eigenvalue weighted by Crippen LogP contribution is 2.23. The lowest BCUT2D eigenvalue weighted by Crippen LogP contribution is -2.25. The fourth-order valence-electron chi connectivity index (χ4n) is 1.54. The second-order valence-electron chi connectivity index (χ2n) is 4.16. The number of ether oxygens (including phenoxy) is 2. The molecule has 0 bridgehead atoms. The molecule has 0 saturated carbocycles. The number of anilines is 1. The highest BCUT2D eigenvalue weighted by Gasteiger charge is 2.18. The van der Waals surface area contributed by atoms with Crippen molar-refractivity contribution in [2.45, 2.75) is 0 Å². The number of benzene rings is 1. The number of amides is 1. The molecular formula is C13H17N3O6. The number of nitrogens with one attached hydrogen (secondary N) is 2. The van der Waals surface area contributed by atoms with E-state index in [4.69, 9.17) is 9.47 Å². The molecule has 1 amide bonds. The van der Waals surface area contributed by atoms with Gasteiger partial charge in [-0.3, -0.25) is 14.9 Å². The minimum absolute atomic E-state index is 0.0193. The number of carbonyl (C=O) groups excluding carboxylic acids is 2. The van der Waals surface area contributed by atoms with Gasteiger partial charge in [-0.05, 0) is 6.07 Å². The summed E-state index contributed by atoms with van der Waals surface area (Å²) in [5.74, 6) is -1.31. The van der Waals surface area contributed by atoms with E-state index in [9.17, 15) is 19.7 Å². The van der Waals surface area contributed by atoms with E-state index < -0.39 is 23.4 Å². The molecule has 0 radical (unpaired) electrons. The van der Waals surface area contributed by atoms with Crippen LogP contribution in [0.4, 0.5) is 11.4 Å². The van der Waals surface area contributed by atoms with Gasteiger partial charge in [-0.25, -0.2) is 4.79 Å². The van der Waals surface area contributed by atoms with Crippen molar-refractivity contribution in [3.63, 3.8) is 0 Å². The summed E-state index contributed by atoms with van der Waals surface area (Å²) in [6.45, 7) is 0.337. The minimum Gasteiger partial charge on any atom is -0.452 e. The average molecular weight is 311 g/mol. The molecule has 0 unspecified atom stereocenters. The van der Waals surface area contributed by atoms with Crippen LogP contribution in [-0.2, 0) is 14.3 Å². The molecule has 0 saturated heterocycles. The predicted molar refractivity (Wildman–Crippen MR) is 77.8 cm³/mol. The molecule has 0 spiro atoms. The number of esters is 1. The summed E-state index contributed by atoms with van der Waals surface area (Å²) in [7, 11) is 2.93. The smallest absolute Gasteiger partial charge is 0.341 e. The molecule has 120 valence electrons. The van der Waals surface area contributed by atoms with Crippen LogP contribution in [0.5, 0.6) is 0 Å². The first-order valence-electron chi connectivity index (χ1n) is 6.38. The maximum Gasteiger partial charge on any atom is 0.341 e. The third-order valence-corrected chi connectivity index (χ3v) is 2.67. The predicted octanol–water partition coefficient (Wildman–Crippen LogP) is 0.556. The number of likely N-dealkylation sites (N-methyl/N-ethyl adjacent to an activating group) is 1. The van der Waals surface area contributed by atoms with Crippen molar-refractivity contribution in [1.82, 2.24) is 5.32 Å². The van der Waals surface area contributed by atoms with Crippen LogP contribution >= 0.6 is 0 Å². The Morgan fingerprint density at radius 3 is 2.68 bits per heavy atom. The molecule has 0 fully saturated rings. The standard InChI is InChI=1S/C13H17N3O6/c1-14-12(17)8-22-13(18)10-7-9(16(19)20)3-4-11(10)15-5-6-21-2/h3-4,7,15H,5-6,8H2,1-2H3,(H,14,17). The SMILES string of the molecule is CNC(=O)COC(=O)c1cc([N+](=O)[O-])ccc1NCCOC. The molecule has 0 aliphatic rings. The Labute approximate surface area is 126 Å². The quantitative estimate of drug-likeness (QED) is 0.311. The van der Waals surface area contributed by atoms with Crippen LogP contribution in [0.1, 0.15) is 10.4 Å². The Hall–Kier alpha value is -2.68. The van der Waals surface area contributed by atoms with Gasteiger partial charge in [-0.1, -0.05) is 0 Å². The number of methoxy groups -OCH3 is 1. The largest absolute Gasteiger partial charge is 0.452 e. The van der Waals surface area contributed by atoms with Crippen molar-refractivity contribution in [2.75, 3.05) is 39.2 Å². The molecule has 0 aromatic heterocycles. The highest BCUT2D eigenvalue weighted by atomic mass is 16.6. The van der Waals surface area contributed by atoms with Gasteiger partial charge in [-0.2, -0.15) is 0 Å². The zero-order chi connectivity index (χ0) is 16.5. The summed E-state index contributed by atoms with van der Waals surface area (Å²) in [5.41, 5.74) is 0.1000. The summed E-state index contributed by atoms with van der Waals surface area (Å²) in [6, 6.07) is 3.77. The third kappa shape index (κ3) is 5.02. The number of nitrogens with zero attached hydrogens (tertiary/aromatic N) is 1. The van der Waals surface area contributed by atoms with Gasteiger partial charge in [0, 0.05) is 38.5 Å². The summed E-state index contributed by atoms with van der Waals surface area (Å²) in [6.07, 6.45) is 0. The summed E-state index contributed by atoms with van der Waals surface area (Å²) in [4.78, 5) is 33.3. The molecule has 1 aromatic carbocycles. The topological polar surface area (TPSA) is 120 Å². The van der Waals surface area contributed by atoms with E-state index in [1.165, 1.54) is 26.3 Å². The van der Waals surface area contributed by atoms with Crippen molar-refractivity contribution < 1.29 is 24.0 Å². The second kappa shape index (κ2) is 8.57. The Balaban J connectivity index is 2.94. The van der Waals surface area contributed by atoms with E-state index >= 15 is 0 Å². The Bertz CT molecular complexity index is 561. The first-order chi connectivity index (χ1) is 10.5. The number of hydrogen-bond acceptors (Lipinski definition) is 7. The molecule has 0 aliphatic heterocycles. The summed E-state index contributed by atoms with van der Waals surface area (Å²) in [5, 5.41) is 16.0. The van der Waals surface area contributed by atoms with Gasteiger partial charge >= 0.3 is 5.97 Å². The number of non-ortho nitro benzene ring substituents is 1. The summed E-state index contributed by atoms with van der Waals surface area (Å²) >= 11 is 0.